The van der Waals surface area contributed by atoms with Crippen molar-refractivity contribution in [2.45, 2.75) is 25.4 Å². The smallest absolute Gasteiger partial charge is 0.145 e. The van der Waals surface area contributed by atoms with Gasteiger partial charge in [-0.2, -0.15) is 10.5 Å². The van der Waals surface area contributed by atoms with Crippen molar-refractivity contribution in [3.8, 4) is 17.9 Å². The molecule has 1 N–H and O–H groups in total. The molecule has 0 saturated carbocycles. The second kappa shape index (κ2) is 7.26. The minimum atomic E-state index is -0.384. The Balaban J connectivity index is 2.27. The van der Waals surface area contributed by atoms with Gasteiger partial charge in [0.25, 0.3) is 0 Å². The maximum atomic E-state index is 9.74. The van der Waals surface area contributed by atoms with Crippen molar-refractivity contribution in [1.29, 1.82) is 10.5 Å². The lowest BCUT2D eigenvalue weighted by Gasteiger charge is -2.14. The lowest BCUT2D eigenvalue weighted by molar-refractivity contribution is 0.168. The summed E-state index contributed by atoms with van der Waals surface area (Å²) in [5.74, 6) is 0.952. The van der Waals surface area contributed by atoms with Crippen LogP contribution in [0.15, 0.2) is 54.3 Å². The number of benzene rings is 1. The zero-order valence-electron chi connectivity index (χ0n) is 12.1. The van der Waals surface area contributed by atoms with Crippen LogP contribution in [0.25, 0.3) is 0 Å². The largest absolute Gasteiger partial charge is 0.456 e. The Morgan fingerprint density at radius 3 is 2.82 bits per heavy atom. The Hall–Kier alpha value is -2.82. The van der Waals surface area contributed by atoms with E-state index in [-0.39, 0.29) is 6.10 Å². The number of aliphatic hydroxyl groups excluding tert-OH is 1. The quantitative estimate of drug-likeness (QED) is 0.906. The predicted molar refractivity (Wildman–Crippen MR) is 82.7 cm³/mol. The van der Waals surface area contributed by atoms with Crippen LogP contribution < -0.4 is 4.74 Å². The lowest BCUT2D eigenvalue weighted by atomic mass is 10.1. The SMILES string of the molecule is C=C1CC[C@@H](O)C/C=C\C=C1Oc1ccc(C#N)cc1C#N. The molecule has 1 atom stereocenters. The van der Waals surface area contributed by atoms with Gasteiger partial charge in [-0.25, -0.2) is 0 Å². The van der Waals surface area contributed by atoms with E-state index in [2.05, 4.69) is 6.58 Å². The number of allylic oxidation sites excluding steroid dienone is 3. The number of aliphatic hydroxyl groups is 1. The summed E-state index contributed by atoms with van der Waals surface area (Å²) in [4.78, 5) is 0. The Bertz CT molecular complexity index is 718. The van der Waals surface area contributed by atoms with Crippen molar-refractivity contribution in [3.63, 3.8) is 0 Å². The van der Waals surface area contributed by atoms with Gasteiger partial charge in [-0.05, 0) is 49.1 Å². The molecule has 22 heavy (non-hydrogen) atoms. The monoisotopic (exact) mass is 292 g/mol. The molecule has 0 spiro atoms. The third-order valence-electron chi connectivity index (χ3n) is 3.37. The number of rotatable bonds is 2. The highest BCUT2D eigenvalue weighted by Gasteiger charge is 2.13. The lowest BCUT2D eigenvalue weighted by Crippen LogP contribution is -2.06. The van der Waals surface area contributed by atoms with E-state index < -0.39 is 0 Å². The molecule has 1 aromatic rings. The molecule has 0 unspecified atom stereocenters. The highest BCUT2D eigenvalue weighted by Crippen LogP contribution is 2.26. The molecule has 0 aromatic heterocycles. The highest BCUT2D eigenvalue weighted by atomic mass is 16.5. The summed E-state index contributed by atoms with van der Waals surface area (Å²) in [6.07, 6.45) is 6.90. The Labute approximate surface area is 129 Å². The third-order valence-corrected chi connectivity index (χ3v) is 3.37. The van der Waals surface area contributed by atoms with Crippen LogP contribution in [0.1, 0.15) is 30.4 Å². The van der Waals surface area contributed by atoms with Gasteiger partial charge in [0.05, 0.1) is 23.3 Å². The highest BCUT2D eigenvalue weighted by molar-refractivity contribution is 5.50. The summed E-state index contributed by atoms with van der Waals surface area (Å²) >= 11 is 0. The average molecular weight is 292 g/mol. The molecule has 4 nitrogen and oxygen atoms in total. The van der Waals surface area contributed by atoms with Crippen molar-refractivity contribution >= 4 is 0 Å². The fourth-order valence-corrected chi connectivity index (χ4v) is 2.09. The van der Waals surface area contributed by atoms with Crippen LogP contribution in [0.4, 0.5) is 0 Å². The van der Waals surface area contributed by atoms with Gasteiger partial charge in [0, 0.05) is 0 Å². The van der Waals surface area contributed by atoms with Crippen molar-refractivity contribution in [3.05, 3.63) is 65.5 Å². The number of nitriles is 2. The van der Waals surface area contributed by atoms with Crippen LogP contribution in [0.2, 0.25) is 0 Å². The molecule has 0 saturated heterocycles. The maximum absolute atomic E-state index is 9.74. The van der Waals surface area contributed by atoms with E-state index in [9.17, 15) is 10.4 Å². The fourth-order valence-electron chi connectivity index (χ4n) is 2.09. The predicted octanol–water partition coefficient (Wildman–Crippen LogP) is 3.35. The molecular formula is C18H16N2O2. The minimum Gasteiger partial charge on any atom is -0.456 e. The van der Waals surface area contributed by atoms with Gasteiger partial charge in [0.1, 0.15) is 17.6 Å². The van der Waals surface area contributed by atoms with Crippen LogP contribution in [0.3, 0.4) is 0 Å². The first-order chi connectivity index (χ1) is 10.6. The molecule has 0 fully saturated rings. The Morgan fingerprint density at radius 1 is 1.27 bits per heavy atom. The van der Waals surface area contributed by atoms with Gasteiger partial charge < -0.3 is 9.84 Å². The summed E-state index contributed by atoms with van der Waals surface area (Å²) in [6.45, 7) is 3.99. The van der Waals surface area contributed by atoms with Crippen LogP contribution in [-0.4, -0.2) is 11.2 Å². The zero-order chi connectivity index (χ0) is 15.9. The van der Waals surface area contributed by atoms with E-state index in [1.165, 1.54) is 6.07 Å². The maximum Gasteiger partial charge on any atom is 0.145 e. The number of hydrogen-bond acceptors (Lipinski definition) is 4. The second-order valence-corrected chi connectivity index (χ2v) is 5.03. The summed E-state index contributed by atoms with van der Waals surface area (Å²) in [6, 6.07) is 8.73. The van der Waals surface area contributed by atoms with Gasteiger partial charge in [-0.1, -0.05) is 18.7 Å². The molecule has 2 rings (SSSR count). The molecule has 4 heteroatoms. The fraction of sp³-hybridized carbons (Fsp3) is 0.222. The van der Waals surface area contributed by atoms with Crippen LogP contribution in [-0.2, 0) is 0 Å². The molecule has 0 aliphatic heterocycles. The molecule has 0 bridgehead atoms. The normalized spacial score (nSPS) is 19.7. The number of ether oxygens (including phenoxy) is 1. The molecular weight excluding hydrogens is 276 g/mol. The third kappa shape index (κ3) is 3.85. The van der Waals surface area contributed by atoms with Crippen molar-refractivity contribution in [2.75, 3.05) is 0 Å². The molecule has 0 amide bonds. The second-order valence-electron chi connectivity index (χ2n) is 5.03. The minimum absolute atomic E-state index is 0.302. The first kappa shape index (κ1) is 15.6. The topological polar surface area (TPSA) is 77.0 Å². The van der Waals surface area contributed by atoms with Crippen LogP contribution >= 0.6 is 0 Å². The average Bonchev–Trinajstić information content (AvgIpc) is 2.61. The van der Waals surface area contributed by atoms with Gasteiger partial charge in [0.15, 0.2) is 0 Å². The summed E-state index contributed by atoms with van der Waals surface area (Å²) < 4.78 is 5.81. The Morgan fingerprint density at radius 2 is 2.09 bits per heavy atom. The van der Waals surface area contributed by atoms with E-state index >= 15 is 0 Å². The van der Waals surface area contributed by atoms with E-state index in [1.807, 2.05) is 24.3 Å². The number of hydrogen-bond donors (Lipinski definition) is 1. The summed E-state index contributed by atoms with van der Waals surface area (Å²) in [5.41, 5.74) is 1.48. The first-order valence-electron chi connectivity index (χ1n) is 6.99. The van der Waals surface area contributed by atoms with Gasteiger partial charge in [-0.15, -0.1) is 0 Å². The molecule has 0 heterocycles. The van der Waals surface area contributed by atoms with Crippen LogP contribution in [0.5, 0.6) is 5.75 Å². The zero-order valence-corrected chi connectivity index (χ0v) is 12.1. The van der Waals surface area contributed by atoms with Gasteiger partial charge in [-0.3, -0.25) is 0 Å². The standard InChI is InChI=1S/C18H16N2O2/c1-13-6-8-16(21)4-2-3-5-17(13)22-18-9-7-14(11-19)10-15(18)12-20/h2-3,5,7,9-10,16,21H,1,4,6,8H2/b3-2-,17-5?/t16-/m0/s1. The molecule has 0 radical (unpaired) electrons. The van der Waals surface area contributed by atoms with Crippen LogP contribution in [0, 0.1) is 22.7 Å². The van der Waals surface area contributed by atoms with Gasteiger partial charge >= 0.3 is 0 Å². The van der Waals surface area contributed by atoms with Crippen molar-refractivity contribution < 1.29 is 9.84 Å². The van der Waals surface area contributed by atoms with E-state index in [1.54, 1.807) is 18.2 Å². The first-order valence-corrected chi connectivity index (χ1v) is 6.99. The summed E-state index contributed by atoms with van der Waals surface area (Å²) in [5, 5.41) is 27.8. The molecule has 1 aliphatic carbocycles. The van der Waals surface area contributed by atoms with Crippen molar-refractivity contribution in [2.24, 2.45) is 0 Å². The van der Waals surface area contributed by atoms with Crippen molar-refractivity contribution in [1.82, 2.24) is 0 Å². The van der Waals surface area contributed by atoms with E-state index in [0.717, 1.165) is 5.57 Å². The number of nitrogens with zero attached hydrogens (tertiary/aromatic N) is 2. The molecule has 1 aromatic carbocycles. The molecule has 1 aliphatic rings. The van der Waals surface area contributed by atoms with E-state index in [4.69, 9.17) is 10.00 Å². The summed E-state index contributed by atoms with van der Waals surface area (Å²) in [7, 11) is 0. The van der Waals surface area contributed by atoms with E-state index in [0.29, 0.717) is 41.9 Å². The van der Waals surface area contributed by atoms with Gasteiger partial charge in [0.2, 0.25) is 0 Å². The molecule has 110 valence electrons. The Kier molecular flexibility index (Phi) is 5.14.